The second-order valence-corrected chi connectivity index (χ2v) is 12.3. The molecule has 0 amide bonds. The summed E-state index contributed by atoms with van der Waals surface area (Å²) in [7, 11) is -4.81. The second kappa shape index (κ2) is 11.8. The molecule has 1 fully saturated rings. The zero-order chi connectivity index (χ0) is 29.2. The third-order valence-corrected chi connectivity index (χ3v) is 9.13. The van der Waals surface area contributed by atoms with Gasteiger partial charge < -0.3 is 9.57 Å². The summed E-state index contributed by atoms with van der Waals surface area (Å²) in [5.41, 5.74) is 1.22. The number of carbonyl (C=O) groups is 1. The van der Waals surface area contributed by atoms with E-state index in [9.17, 15) is 26.4 Å². The van der Waals surface area contributed by atoms with Gasteiger partial charge in [0.1, 0.15) is 11.9 Å². The van der Waals surface area contributed by atoms with E-state index in [1.54, 1.807) is 0 Å². The molecule has 5 rings (SSSR count). The first kappa shape index (κ1) is 29.1. The van der Waals surface area contributed by atoms with Gasteiger partial charge >= 0.3 is 12.1 Å². The molecule has 2 heterocycles. The number of likely N-dealkylation sites (tertiary alicyclic amines) is 1. The van der Waals surface area contributed by atoms with E-state index < -0.39 is 32.2 Å². The van der Waals surface area contributed by atoms with Gasteiger partial charge in [0, 0.05) is 31.2 Å². The predicted octanol–water partition coefficient (Wildman–Crippen LogP) is 6.21. The van der Waals surface area contributed by atoms with Crippen LogP contribution in [0.15, 0.2) is 77.1 Å². The number of benzene rings is 3. The lowest BCUT2D eigenvalue weighted by Gasteiger charge is -2.32. The zero-order valence-corrected chi connectivity index (χ0v) is 23.6. The van der Waals surface area contributed by atoms with E-state index in [4.69, 9.17) is 16.3 Å². The number of halogens is 4. The standard InChI is InChI=1S/C27H23ClF3N3O5S2/c28-23-16-22(41(36,37)34(26-32-11-14-40-26)39-25(35)27(29,30)31)7-8-24(23)38-21-9-12-33(13-10-21)17-18-5-6-19-3-1-2-4-20(19)15-18/h1-8,11,14-16,21H,9-10,12-13,17H2. The second-order valence-electron chi connectivity index (χ2n) is 9.29. The number of thiazole rings is 1. The fraction of sp³-hybridized carbons (Fsp3) is 0.259. The molecule has 1 aliphatic heterocycles. The minimum atomic E-state index is -5.43. The molecule has 0 N–H and O–H groups in total. The number of hydrogen-bond acceptors (Lipinski definition) is 8. The minimum Gasteiger partial charge on any atom is -0.489 e. The van der Waals surface area contributed by atoms with E-state index in [1.807, 2.05) is 12.1 Å². The summed E-state index contributed by atoms with van der Waals surface area (Å²) in [5.74, 6) is -2.49. The summed E-state index contributed by atoms with van der Waals surface area (Å²) < 4.78 is 70.6. The maximum absolute atomic E-state index is 13.1. The van der Waals surface area contributed by atoms with Gasteiger partial charge in [-0.2, -0.15) is 21.6 Å². The first-order valence-electron chi connectivity index (χ1n) is 12.4. The molecular weight excluding hydrogens is 603 g/mol. The molecule has 41 heavy (non-hydrogen) atoms. The average Bonchev–Trinajstić information content (AvgIpc) is 3.47. The van der Waals surface area contributed by atoms with Crippen LogP contribution < -0.4 is 9.21 Å². The van der Waals surface area contributed by atoms with Crippen LogP contribution in [0.2, 0.25) is 5.02 Å². The Morgan fingerprint density at radius 3 is 2.46 bits per heavy atom. The Labute approximate surface area is 242 Å². The van der Waals surface area contributed by atoms with Crippen molar-refractivity contribution in [3.8, 4) is 5.75 Å². The van der Waals surface area contributed by atoms with Gasteiger partial charge in [-0.15, -0.1) is 11.3 Å². The zero-order valence-electron chi connectivity index (χ0n) is 21.3. The van der Waals surface area contributed by atoms with Crippen LogP contribution in [-0.4, -0.2) is 49.6 Å². The van der Waals surface area contributed by atoms with Crippen molar-refractivity contribution in [1.82, 2.24) is 9.88 Å². The van der Waals surface area contributed by atoms with Gasteiger partial charge in [-0.05, 0) is 53.4 Å². The third-order valence-electron chi connectivity index (χ3n) is 6.44. The van der Waals surface area contributed by atoms with Gasteiger partial charge in [0.05, 0.1) is 9.92 Å². The molecule has 0 bridgehead atoms. The van der Waals surface area contributed by atoms with Crippen molar-refractivity contribution in [3.63, 3.8) is 0 Å². The number of fused-ring (bicyclic) bond motifs is 1. The predicted molar refractivity (Wildman–Crippen MR) is 148 cm³/mol. The van der Waals surface area contributed by atoms with Crippen molar-refractivity contribution in [2.75, 3.05) is 17.6 Å². The monoisotopic (exact) mass is 625 g/mol. The first-order valence-corrected chi connectivity index (χ1v) is 15.1. The molecule has 0 unspecified atom stereocenters. The highest BCUT2D eigenvalue weighted by Gasteiger charge is 2.45. The number of rotatable bonds is 8. The van der Waals surface area contributed by atoms with Crippen LogP contribution in [0.1, 0.15) is 18.4 Å². The van der Waals surface area contributed by atoms with Crippen LogP contribution in [0.4, 0.5) is 18.3 Å². The number of hydrogen-bond donors (Lipinski definition) is 0. The van der Waals surface area contributed by atoms with Crippen molar-refractivity contribution < 1.29 is 36.0 Å². The molecule has 0 aliphatic carbocycles. The van der Waals surface area contributed by atoms with Crippen LogP contribution in [-0.2, 0) is 26.2 Å². The highest BCUT2D eigenvalue weighted by Crippen LogP contribution is 2.34. The maximum atomic E-state index is 13.1. The van der Waals surface area contributed by atoms with E-state index in [-0.39, 0.29) is 21.3 Å². The smallest absolute Gasteiger partial charge is 0.489 e. The molecule has 0 spiro atoms. The molecule has 1 aliphatic rings. The van der Waals surface area contributed by atoms with Crippen molar-refractivity contribution in [2.24, 2.45) is 0 Å². The average molecular weight is 626 g/mol. The Balaban J connectivity index is 1.23. The largest absolute Gasteiger partial charge is 0.493 e. The molecule has 0 atom stereocenters. The molecule has 1 saturated heterocycles. The van der Waals surface area contributed by atoms with E-state index in [0.29, 0.717) is 11.3 Å². The lowest BCUT2D eigenvalue weighted by Crippen LogP contribution is -2.38. The topological polar surface area (TPSA) is 89.0 Å². The number of sulfonamides is 1. The Kier molecular flexibility index (Phi) is 8.41. The van der Waals surface area contributed by atoms with Crippen molar-refractivity contribution in [1.29, 1.82) is 0 Å². The Morgan fingerprint density at radius 1 is 1.07 bits per heavy atom. The lowest BCUT2D eigenvalue weighted by molar-refractivity contribution is -0.199. The summed E-state index contributed by atoms with van der Waals surface area (Å²) in [6.07, 6.45) is -3.00. The van der Waals surface area contributed by atoms with Crippen LogP contribution in [0.25, 0.3) is 10.8 Å². The Bertz CT molecular complexity index is 1640. The number of nitrogens with zero attached hydrogens (tertiary/aromatic N) is 3. The van der Waals surface area contributed by atoms with Gasteiger partial charge in [0.2, 0.25) is 5.13 Å². The number of ether oxygens (including phenoxy) is 1. The number of piperidine rings is 1. The summed E-state index contributed by atoms with van der Waals surface area (Å²) in [6.45, 7) is 2.38. The van der Waals surface area contributed by atoms with E-state index >= 15 is 0 Å². The number of carbonyl (C=O) groups excluding carboxylic acids is 1. The normalized spacial score (nSPS) is 15.1. The molecule has 8 nitrogen and oxygen atoms in total. The van der Waals surface area contributed by atoms with E-state index in [1.165, 1.54) is 27.8 Å². The minimum absolute atomic E-state index is 0.0640. The molecule has 0 saturated carbocycles. The van der Waals surface area contributed by atoms with Gasteiger partial charge in [0.25, 0.3) is 10.0 Å². The number of anilines is 1. The van der Waals surface area contributed by atoms with Crippen LogP contribution in [0.5, 0.6) is 5.75 Å². The summed E-state index contributed by atoms with van der Waals surface area (Å²) in [6, 6.07) is 18.1. The first-order chi connectivity index (χ1) is 19.5. The molecule has 3 aromatic carbocycles. The molecule has 4 aromatic rings. The number of alkyl halides is 3. The Morgan fingerprint density at radius 2 is 1.80 bits per heavy atom. The Hall–Kier alpha value is -3.39. The number of aromatic nitrogens is 1. The van der Waals surface area contributed by atoms with Gasteiger partial charge in [-0.1, -0.05) is 52.5 Å². The molecule has 216 valence electrons. The van der Waals surface area contributed by atoms with Gasteiger partial charge in [0.15, 0.2) is 0 Å². The molecule has 1 aromatic heterocycles. The van der Waals surface area contributed by atoms with Crippen molar-refractivity contribution in [3.05, 3.63) is 82.8 Å². The van der Waals surface area contributed by atoms with Crippen LogP contribution >= 0.6 is 22.9 Å². The highest BCUT2D eigenvalue weighted by molar-refractivity contribution is 7.92. The SMILES string of the molecule is O=C(ON(c1nccs1)S(=O)(=O)c1ccc(OC2CCN(Cc3ccc4ccccc4c3)CC2)c(Cl)c1)C(F)(F)F. The van der Waals surface area contributed by atoms with Gasteiger partial charge in [-0.3, -0.25) is 4.90 Å². The fourth-order valence-corrected chi connectivity index (χ4v) is 6.74. The summed E-state index contributed by atoms with van der Waals surface area (Å²) >= 11 is 6.99. The highest BCUT2D eigenvalue weighted by atomic mass is 35.5. The van der Waals surface area contributed by atoms with E-state index in [0.717, 1.165) is 50.8 Å². The molecule has 0 radical (unpaired) electrons. The molecular formula is C27H23ClF3N3O5S2. The van der Waals surface area contributed by atoms with E-state index in [2.05, 4.69) is 45.1 Å². The molecule has 14 heteroatoms. The van der Waals surface area contributed by atoms with Crippen molar-refractivity contribution >= 4 is 54.8 Å². The van der Waals surface area contributed by atoms with Crippen molar-refractivity contribution in [2.45, 2.75) is 36.6 Å². The third kappa shape index (κ3) is 6.75. The quantitative estimate of drug-likeness (QED) is 0.215. The summed E-state index contributed by atoms with van der Waals surface area (Å²) in [5, 5.41) is 3.14. The maximum Gasteiger partial charge on any atom is 0.493 e. The van der Waals surface area contributed by atoms with Gasteiger partial charge in [-0.25, -0.2) is 9.78 Å². The lowest BCUT2D eigenvalue weighted by atomic mass is 10.0. The van der Waals surface area contributed by atoms with Crippen LogP contribution in [0, 0.1) is 0 Å². The van der Waals surface area contributed by atoms with Crippen LogP contribution in [0.3, 0.4) is 0 Å². The fourth-order valence-electron chi connectivity index (χ4n) is 4.42. The summed E-state index contributed by atoms with van der Waals surface area (Å²) in [4.78, 5) is 21.1.